The lowest BCUT2D eigenvalue weighted by molar-refractivity contribution is -0.123. The second-order valence-corrected chi connectivity index (χ2v) is 4.37. The molecule has 0 radical (unpaired) electrons. The lowest BCUT2D eigenvalue weighted by atomic mass is 10.1. The van der Waals surface area contributed by atoms with Crippen molar-refractivity contribution in [3.05, 3.63) is 12.7 Å². The molecule has 0 aliphatic heterocycles. The van der Waals surface area contributed by atoms with Crippen molar-refractivity contribution in [1.29, 1.82) is 0 Å². The second kappa shape index (κ2) is 9.40. The minimum absolute atomic E-state index is 0.0720. The standard InChI is InChI=1S/C13H26N2O/c1-5-7-8-12(6-2)14-9-10-15-13(16)11(3)4/h5,11-12,14H,1,6-10H2,2-4H3,(H,15,16). The maximum Gasteiger partial charge on any atom is 0.222 e. The van der Waals surface area contributed by atoms with Gasteiger partial charge in [0.2, 0.25) is 5.91 Å². The van der Waals surface area contributed by atoms with Crippen molar-refractivity contribution >= 4 is 5.91 Å². The van der Waals surface area contributed by atoms with E-state index in [1.165, 1.54) is 0 Å². The first-order valence-electron chi connectivity index (χ1n) is 6.23. The monoisotopic (exact) mass is 226 g/mol. The van der Waals surface area contributed by atoms with E-state index in [4.69, 9.17) is 0 Å². The number of amides is 1. The Bertz CT molecular complexity index is 202. The molecule has 0 aromatic carbocycles. The summed E-state index contributed by atoms with van der Waals surface area (Å²) in [6, 6.07) is 0.536. The van der Waals surface area contributed by atoms with Crippen LogP contribution in [0.25, 0.3) is 0 Å². The quantitative estimate of drug-likeness (QED) is 0.467. The van der Waals surface area contributed by atoms with Crippen LogP contribution in [0.2, 0.25) is 0 Å². The Kier molecular flexibility index (Phi) is 8.91. The Labute approximate surface area is 99.7 Å². The zero-order valence-electron chi connectivity index (χ0n) is 10.9. The van der Waals surface area contributed by atoms with Crippen molar-refractivity contribution in [3.63, 3.8) is 0 Å². The lowest BCUT2D eigenvalue weighted by Crippen LogP contribution is -2.38. The highest BCUT2D eigenvalue weighted by molar-refractivity contribution is 5.77. The topological polar surface area (TPSA) is 41.1 Å². The summed E-state index contributed by atoms with van der Waals surface area (Å²) in [4.78, 5) is 11.3. The van der Waals surface area contributed by atoms with Gasteiger partial charge < -0.3 is 10.6 Å². The van der Waals surface area contributed by atoms with Crippen LogP contribution in [0, 0.1) is 5.92 Å². The Morgan fingerprint density at radius 1 is 1.38 bits per heavy atom. The van der Waals surface area contributed by atoms with Gasteiger partial charge in [0, 0.05) is 25.0 Å². The minimum Gasteiger partial charge on any atom is -0.355 e. The van der Waals surface area contributed by atoms with E-state index in [0.717, 1.165) is 25.8 Å². The second-order valence-electron chi connectivity index (χ2n) is 4.37. The molecule has 0 aliphatic carbocycles. The summed E-state index contributed by atoms with van der Waals surface area (Å²) in [5, 5.41) is 6.33. The van der Waals surface area contributed by atoms with Crippen molar-refractivity contribution in [1.82, 2.24) is 10.6 Å². The number of hydrogen-bond donors (Lipinski definition) is 2. The maximum atomic E-state index is 11.3. The van der Waals surface area contributed by atoms with Crippen LogP contribution in [0.1, 0.15) is 40.0 Å². The van der Waals surface area contributed by atoms with E-state index < -0.39 is 0 Å². The van der Waals surface area contributed by atoms with Gasteiger partial charge in [0.05, 0.1) is 0 Å². The van der Waals surface area contributed by atoms with E-state index in [0.29, 0.717) is 12.6 Å². The summed E-state index contributed by atoms with van der Waals surface area (Å²) in [6.07, 6.45) is 5.23. The molecule has 3 heteroatoms. The lowest BCUT2D eigenvalue weighted by Gasteiger charge is -2.16. The molecule has 0 saturated heterocycles. The van der Waals surface area contributed by atoms with Gasteiger partial charge in [0.1, 0.15) is 0 Å². The van der Waals surface area contributed by atoms with Crippen LogP contribution in [-0.4, -0.2) is 25.0 Å². The van der Waals surface area contributed by atoms with E-state index in [1.807, 2.05) is 19.9 Å². The van der Waals surface area contributed by atoms with Crippen molar-refractivity contribution < 1.29 is 4.79 Å². The fourth-order valence-electron chi connectivity index (χ4n) is 1.44. The van der Waals surface area contributed by atoms with Crippen LogP contribution in [-0.2, 0) is 4.79 Å². The molecule has 0 fully saturated rings. The highest BCUT2D eigenvalue weighted by Crippen LogP contribution is 2.01. The van der Waals surface area contributed by atoms with Crippen LogP contribution < -0.4 is 10.6 Å². The van der Waals surface area contributed by atoms with E-state index >= 15 is 0 Å². The third-order valence-corrected chi connectivity index (χ3v) is 2.59. The van der Waals surface area contributed by atoms with Crippen molar-refractivity contribution in [3.8, 4) is 0 Å². The molecule has 2 N–H and O–H groups in total. The van der Waals surface area contributed by atoms with E-state index in [9.17, 15) is 4.79 Å². The zero-order valence-corrected chi connectivity index (χ0v) is 10.9. The Morgan fingerprint density at radius 3 is 2.56 bits per heavy atom. The maximum absolute atomic E-state index is 11.3. The summed E-state index contributed by atoms with van der Waals surface area (Å²) in [7, 11) is 0. The third kappa shape index (κ3) is 7.46. The third-order valence-electron chi connectivity index (χ3n) is 2.59. The van der Waals surface area contributed by atoms with Crippen molar-refractivity contribution in [2.45, 2.75) is 46.1 Å². The van der Waals surface area contributed by atoms with Gasteiger partial charge in [-0.3, -0.25) is 4.79 Å². The van der Waals surface area contributed by atoms with Gasteiger partial charge in [-0.25, -0.2) is 0 Å². The first kappa shape index (κ1) is 15.2. The Morgan fingerprint density at radius 2 is 2.06 bits per heavy atom. The van der Waals surface area contributed by atoms with E-state index in [1.54, 1.807) is 0 Å². The van der Waals surface area contributed by atoms with Gasteiger partial charge in [-0.05, 0) is 19.3 Å². The molecule has 16 heavy (non-hydrogen) atoms. The number of hydrogen-bond acceptors (Lipinski definition) is 2. The minimum atomic E-state index is 0.0720. The molecule has 1 amide bonds. The first-order valence-corrected chi connectivity index (χ1v) is 6.23. The predicted octanol–water partition coefficient (Wildman–Crippen LogP) is 2.09. The molecule has 0 rings (SSSR count). The summed E-state index contributed by atoms with van der Waals surface area (Å²) in [5.74, 6) is 0.198. The summed E-state index contributed by atoms with van der Waals surface area (Å²) in [5.41, 5.74) is 0. The van der Waals surface area contributed by atoms with E-state index in [-0.39, 0.29) is 11.8 Å². The predicted molar refractivity (Wildman–Crippen MR) is 69.4 cm³/mol. The fourth-order valence-corrected chi connectivity index (χ4v) is 1.44. The Hall–Kier alpha value is -0.830. The van der Waals surface area contributed by atoms with Crippen molar-refractivity contribution in [2.75, 3.05) is 13.1 Å². The molecular weight excluding hydrogens is 200 g/mol. The number of nitrogens with one attached hydrogen (secondary N) is 2. The molecule has 0 spiro atoms. The molecule has 3 nitrogen and oxygen atoms in total. The van der Waals surface area contributed by atoms with Crippen LogP contribution in [0.5, 0.6) is 0 Å². The molecule has 1 atom stereocenters. The summed E-state index contributed by atoms with van der Waals surface area (Å²) < 4.78 is 0. The van der Waals surface area contributed by atoms with Crippen LogP contribution >= 0.6 is 0 Å². The zero-order chi connectivity index (χ0) is 12.4. The number of rotatable bonds is 9. The van der Waals surface area contributed by atoms with Crippen LogP contribution in [0.3, 0.4) is 0 Å². The molecule has 0 saturated carbocycles. The van der Waals surface area contributed by atoms with Gasteiger partial charge in [-0.2, -0.15) is 0 Å². The molecule has 0 heterocycles. The fraction of sp³-hybridized carbons (Fsp3) is 0.769. The smallest absolute Gasteiger partial charge is 0.222 e. The molecular formula is C13H26N2O. The molecule has 0 aliphatic rings. The molecule has 0 bridgehead atoms. The van der Waals surface area contributed by atoms with Crippen molar-refractivity contribution in [2.24, 2.45) is 5.92 Å². The van der Waals surface area contributed by atoms with Crippen LogP contribution in [0.4, 0.5) is 0 Å². The van der Waals surface area contributed by atoms with E-state index in [2.05, 4.69) is 24.1 Å². The summed E-state index contributed by atoms with van der Waals surface area (Å²) >= 11 is 0. The first-order chi connectivity index (χ1) is 7.61. The molecule has 94 valence electrons. The Balaban J connectivity index is 3.54. The number of allylic oxidation sites excluding steroid dienone is 1. The summed E-state index contributed by atoms with van der Waals surface area (Å²) in [6.45, 7) is 11.3. The van der Waals surface area contributed by atoms with Gasteiger partial charge in [-0.1, -0.05) is 26.8 Å². The van der Waals surface area contributed by atoms with Gasteiger partial charge >= 0.3 is 0 Å². The average Bonchev–Trinajstić information content (AvgIpc) is 2.27. The highest BCUT2D eigenvalue weighted by Gasteiger charge is 2.06. The number of carbonyl (C=O) groups excluding carboxylic acids is 1. The van der Waals surface area contributed by atoms with Gasteiger partial charge in [0.15, 0.2) is 0 Å². The SMILES string of the molecule is C=CCCC(CC)NCCNC(=O)C(C)C. The van der Waals surface area contributed by atoms with Gasteiger partial charge in [0.25, 0.3) is 0 Å². The number of carbonyl (C=O) groups is 1. The largest absolute Gasteiger partial charge is 0.355 e. The normalized spacial score (nSPS) is 12.5. The highest BCUT2D eigenvalue weighted by atomic mass is 16.1. The molecule has 0 aromatic rings. The average molecular weight is 226 g/mol. The molecule has 0 aromatic heterocycles. The molecule has 1 unspecified atom stereocenters. The van der Waals surface area contributed by atoms with Gasteiger partial charge in [-0.15, -0.1) is 6.58 Å². The van der Waals surface area contributed by atoms with Crippen LogP contribution in [0.15, 0.2) is 12.7 Å².